The van der Waals surface area contributed by atoms with E-state index in [0.29, 0.717) is 18.4 Å². The fraction of sp³-hybridized carbons (Fsp3) is 0.429. The van der Waals surface area contributed by atoms with Gasteiger partial charge in [-0.15, -0.1) is 0 Å². The highest BCUT2D eigenvalue weighted by Crippen LogP contribution is 2.55. The topological polar surface area (TPSA) is 108 Å². The quantitative estimate of drug-likeness (QED) is 0.797. The number of nitrogens with two attached hydrogens (primary N) is 1. The maximum atomic E-state index is 13.7. The Morgan fingerprint density at radius 2 is 1.97 bits per heavy atom. The van der Waals surface area contributed by atoms with Gasteiger partial charge in [-0.25, -0.2) is 13.8 Å². The van der Waals surface area contributed by atoms with E-state index < -0.39 is 41.0 Å². The van der Waals surface area contributed by atoms with Gasteiger partial charge in [0.15, 0.2) is 5.60 Å². The number of nitrogens with zero attached hydrogens (tertiary/aromatic N) is 3. The van der Waals surface area contributed by atoms with Crippen molar-refractivity contribution in [1.82, 2.24) is 14.9 Å². The van der Waals surface area contributed by atoms with Crippen LogP contribution in [0.15, 0.2) is 30.5 Å². The number of ether oxygens (including phenoxy) is 2. The van der Waals surface area contributed by atoms with Crippen LogP contribution in [0.4, 0.5) is 8.78 Å². The lowest BCUT2D eigenvalue weighted by Crippen LogP contribution is -2.62. The van der Waals surface area contributed by atoms with Crippen LogP contribution in [-0.2, 0) is 9.53 Å². The van der Waals surface area contributed by atoms with Crippen molar-refractivity contribution in [2.24, 2.45) is 5.73 Å². The zero-order valence-corrected chi connectivity index (χ0v) is 16.7. The summed E-state index contributed by atoms with van der Waals surface area (Å²) in [7, 11) is 0. The fourth-order valence-electron chi connectivity index (χ4n) is 5.02. The first-order chi connectivity index (χ1) is 14.7. The molecule has 3 heterocycles. The summed E-state index contributed by atoms with van der Waals surface area (Å²) in [6.45, 7) is 1.80. The molecule has 2 aliphatic heterocycles. The molecular formula is C21H20F2N4O4. The van der Waals surface area contributed by atoms with Crippen LogP contribution in [0.3, 0.4) is 0 Å². The summed E-state index contributed by atoms with van der Waals surface area (Å²) in [4.78, 5) is 34.2. The average Bonchev–Trinajstić information content (AvgIpc) is 3.19. The van der Waals surface area contributed by atoms with Crippen molar-refractivity contribution in [2.45, 2.75) is 56.1 Å². The molecule has 1 aromatic heterocycles. The number of hydrogen-bond donors (Lipinski definition) is 1. The summed E-state index contributed by atoms with van der Waals surface area (Å²) >= 11 is 0. The minimum absolute atomic E-state index is 0.00675. The van der Waals surface area contributed by atoms with Gasteiger partial charge in [-0.2, -0.15) is 4.98 Å². The van der Waals surface area contributed by atoms with Gasteiger partial charge in [0.05, 0.1) is 6.04 Å². The van der Waals surface area contributed by atoms with Crippen molar-refractivity contribution >= 4 is 11.8 Å². The van der Waals surface area contributed by atoms with Crippen LogP contribution in [0.1, 0.15) is 54.7 Å². The normalized spacial score (nSPS) is 31.6. The van der Waals surface area contributed by atoms with Crippen molar-refractivity contribution in [2.75, 3.05) is 0 Å². The molecule has 162 valence electrons. The zero-order chi connectivity index (χ0) is 22.0. The molecule has 0 radical (unpaired) electrons. The fourth-order valence-corrected chi connectivity index (χ4v) is 5.02. The monoisotopic (exact) mass is 430 g/mol. The number of carbonyl (C=O) groups excluding carboxylic acids is 2. The number of carbonyl (C=O) groups is 2. The lowest BCUT2D eigenvalue weighted by Gasteiger charge is -2.49. The Bertz CT molecular complexity index is 1070. The maximum Gasteiger partial charge on any atom is 0.317 e. The molecule has 3 aliphatic rings. The van der Waals surface area contributed by atoms with Gasteiger partial charge >= 0.3 is 6.01 Å². The molecule has 1 saturated carbocycles. The first kappa shape index (κ1) is 19.8. The molecule has 0 bridgehead atoms. The molecule has 1 aliphatic carbocycles. The van der Waals surface area contributed by atoms with Gasteiger partial charge in [0.1, 0.15) is 29.2 Å². The van der Waals surface area contributed by atoms with Crippen LogP contribution in [0.2, 0.25) is 0 Å². The SMILES string of the molecule is CC1(Oc2nccc(C(N)=O)n2)CC2(C1)O[C@@H]1CC[C@@H](c3cc(F)cc(F)c3)N1C2=O. The van der Waals surface area contributed by atoms with E-state index in [2.05, 4.69) is 9.97 Å². The highest BCUT2D eigenvalue weighted by molar-refractivity contribution is 5.91. The Balaban J connectivity index is 1.33. The van der Waals surface area contributed by atoms with Crippen LogP contribution in [0.25, 0.3) is 0 Å². The predicted molar refractivity (Wildman–Crippen MR) is 102 cm³/mol. The number of rotatable bonds is 4. The molecule has 5 rings (SSSR count). The minimum atomic E-state index is -1.05. The second kappa shape index (κ2) is 6.68. The zero-order valence-electron chi connectivity index (χ0n) is 16.7. The maximum absolute atomic E-state index is 13.7. The lowest BCUT2D eigenvalue weighted by molar-refractivity contribution is -0.187. The molecule has 10 heteroatoms. The Hall–Kier alpha value is -3.14. The smallest absolute Gasteiger partial charge is 0.317 e. The molecule has 2 aromatic rings. The molecule has 2 atom stereocenters. The van der Waals surface area contributed by atoms with Crippen molar-refractivity contribution < 1.29 is 27.8 Å². The molecular weight excluding hydrogens is 410 g/mol. The molecule has 31 heavy (non-hydrogen) atoms. The summed E-state index contributed by atoms with van der Waals surface area (Å²) < 4.78 is 39.4. The first-order valence-electron chi connectivity index (χ1n) is 9.97. The summed E-state index contributed by atoms with van der Waals surface area (Å²) in [6.07, 6.45) is 2.61. The third-order valence-electron chi connectivity index (χ3n) is 6.13. The molecule has 1 spiro atoms. The van der Waals surface area contributed by atoms with E-state index in [4.69, 9.17) is 15.2 Å². The van der Waals surface area contributed by atoms with Gasteiger partial charge in [0.25, 0.3) is 11.8 Å². The number of hydrogen-bond acceptors (Lipinski definition) is 6. The highest BCUT2D eigenvalue weighted by Gasteiger charge is 2.67. The Labute approximate surface area is 176 Å². The second-order valence-corrected chi connectivity index (χ2v) is 8.57. The van der Waals surface area contributed by atoms with Gasteiger partial charge in [0, 0.05) is 25.1 Å². The van der Waals surface area contributed by atoms with Gasteiger partial charge in [0.2, 0.25) is 0 Å². The van der Waals surface area contributed by atoms with E-state index >= 15 is 0 Å². The van der Waals surface area contributed by atoms with Crippen molar-refractivity contribution in [1.29, 1.82) is 0 Å². The number of primary amides is 1. The summed E-state index contributed by atoms with van der Waals surface area (Å²) in [6, 6.07) is 4.26. The molecule has 2 saturated heterocycles. The van der Waals surface area contributed by atoms with E-state index in [0.717, 1.165) is 6.07 Å². The summed E-state index contributed by atoms with van der Waals surface area (Å²) in [5.41, 5.74) is 3.86. The largest absolute Gasteiger partial charge is 0.457 e. The minimum Gasteiger partial charge on any atom is -0.457 e. The highest BCUT2D eigenvalue weighted by atomic mass is 19.1. The van der Waals surface area contributed by atoms with E-state index in [1.807, 2.05) is 0 Å². The summed E-state index contributed by atoms with van der Waals surface area (Å²) in [5, 5.41) is 0. The third kappa shape index (κ3) is 3.21. The van der Waals surface area contributed by atoms with Gasteiger partial charge in [-0.1, -0.05) is 0 Å². The standard InChI is InChI=1S/C21H20F2N4O4/c1-20(31-19-25-5-4-14(26-19)17(24)28)9-21(10-20)18(29)27-15(2-3-16(27)30-21)11-6-12(22)8-13(23)7-11/h4-8,15-16H,2-3,9-10H2,1H3,(H2,24,28)/t15-,16+,20?,21?/m0/s1. The summed E-state index contributed by atoms with van der Waals surface area (Å²) in [5.74, 6) is -2.26. The number of aromatic nitrogens is 2. The van der Waals surface area contributed by atoms with Crippen molar-refractivity contribution in [3.8, 4) is 6.01 Å². The molecule has 0 unspecified atom stereocenters. The molecule has 1 aromatic carbocycles. The third-order valence-corrected chi connectivity index (χ3v) is 6.13. The van der Waals surface area contributed by atoms with Crippen LogP contribution >= 0.6 is 0 Å². The van der Waals surface area contributed by atoms with Crippen LogP contribution in [0.5, 0.6) is 6.01 Å². The van der Waals surface area contributed by atoms with Crippen LogP contribution in [0, 0.1) is 11.6 Å². The van der Waals surface area contributed by atoms with Gasteiger partial charge in [-0.05, 0) is 43.5 Å². The van der Waals surface area contributed by atoms with E-state index in [-0.39, 0.29) is 30.5 Å². The number of amides is 2. The number of fused-ring (bicyclic) bond motifs is 1. The van der Waals surface area contributed by atoms with E-state index in [9.17, 15) is 18.4 Å². The Morgan fingerprint density at radius 1 is 1.26 bits per heavy atom. The van der Waals surface area contributed by atoms with Gasteiger partial charge in [-0.3, -0.25) is 9.59 Å². The van der Waals surface area contributed by atoms with Crippen molar-refractivity contribution in [3.05, 3.63) is 53.4 Å². The molecule has 2 N–H and O–H groups in total. The Kier molecular flexibility index (Phi) is 4.27. The predicted octanol–water partition coefficient (Wildman–Crippen LogP) is 2.24. The van der Waals surface area contributed by atoms with Gasteiger partial charge < -0.3 is 20.1 Å². The number of halogens is 2. The Morgan fingerprint density at radius 3 is 2.65 bits per heavy atom. The molecule has 8 nitrogen and oxygen atoms in total. The van der Waals surface area contributed by atoms with Crippen LogP contribution < -0.4 is 10.5 Å². The average molecular weight is 430 g/mol. The first-order valence-corrected chi connectivity index (χ1v) is 9.97. The van der Waals surface area contributed by atoms with Crippen molar-refractivity contribution in [3.63, 3.8) is 0 Å². The molecule has 2 amide bonds. The molecule has 3 fully saturated rings. The van der Waals surface area contributed by atoms with E-state index in [1.165, 1.54) is 24.4 Å². The van der Waals surface area contributed by atoms with Crippen LogP contribution in [-0.4, -0.2) is 44.1 Å². The lowest BCUT2D eigenvalue weighted by atomic mass is 9.67. The second-order valence-electron chi connectivity index (χ2n) is 8.57. The van der Waals surface area contributed by atoms with E-state index in [1.54, 1.807) is 11.8 Å². The number of benzene rings is 1.